The Balaban J connectivity index is 0.000000314. The van der Waals surface area contributed by atoms with Crippen LogP contribution in [-0.2, 0) is 9.53 Å². The lowest BCUT2D eigenvalue weighted by Crippen LogP contribution is -2.38. The van der Waals surface area contributed by atoms with Gasteiger partial charge in [-0.15, -0.1) is 0 Å². The quantitative estimate of drug-likeness (QED) is 0.292. The Morgan fingerprint density at radius 1 is 1.37 bits per heavy atom. The fourth-order valence-corrected chi connectivity index (χ4v) is 2.34. The molecule has 2 heterocycles. The van der Waals surface area contributed by atoms with E-state index in [4.69, 9.17) is 21.3 Å². The number of hydrogen-bond donors (Lipinski definition) is 6. The van der Waals surface area contributed by atoms with Gasteiger partial charge in [-0.25, -0.2) is 4.79 Å². The van der Waals surface area contributed by atoms with Crippen LogP contribution in [0.15, 0.2) is 15.8 Å². The highest BCUT2D eigenvalue weighted by atomic mass is 19.1. The Bertz CT molecular complexity index is 738. The maximum atomic E-state index is 13.0. The Hall–Kier alpha value is -2.12. The Morgan fingerprint density at radius 2 is 2.00 bits per heavy atom. The molecule has 1 aromatic rings. The van der Waals surface area contributed by atoms with Crippen molar-refractivity contribution in [1.82, 2.24) is 9.55 Å². The van der Waals surface area contributed by atoms with E-state index in [9.17, 15) is 29.0 Å². The van der Waals surface area contributed by atoms with E-state index in [1.165, 1.54) is 6.92 Å². The van der Waals surface area contributed by atoms with Crippen LogP contribution in [0.5, 0.6) is 0 Å². The van der Waals surface area contributed by atoms with Gasteiger partial charge in [0, 0.05) is 0 Å². The number of carbonyl (C=O) groups is 1. The van der Waals surface area contributed by atoms with Gasteiger partial charge in [0.05, 0.1) is 12.3 Å². The fraction of sp³-hybridized carbons (Fsp3) is 0.667. The van der Waals surface area contributed by atoms with Gasteiger partial charge in [-0.05, 0) is 26.3 Å². The maximum Gasteiger partial charge on any atom is 0.330 e. The molecule has 2 rings (SSSR count). The molecule has 8 N–H and O–H groups in total. The van der Waals surface area contributed by atoms with Crippen molar-refractivity contribution in [3.8, 4) is 0 Å². The van der Waals surface area contributed by atoms with Crippen LogP contribution in [0, 0.1) is 5.82 Å². The summed E-state index contributed by atoms with van der Waals surface area (Å²) < 4.78 is 18.9. The summed E-state index contributed by atoms with van der Waals surface area (Å²) in [5.74, 6) is -2.11. The molecular weight excluding hydrogens is 367 g/mol. The molecule has 0 saturated carbocycles. The number of aliphatic carboxylic acids is 1. The summed E-state index contributed by atoms with van der Waals surface area (Å²) in [5, 5.41) is 27.4. The van der Waals surface area contributed by atoms with E-state index >= 15 is 0 Å². The standard InChI is InChI=1S/C9H11FN2O5.C6H14N2O2/c1-3-5(13)6(14)8(17-3)12-2-4(10)7(15)11-9(12)16;7-4-2-1-3-5(8)6(9)10/h2-3,5-6,8,13-14H,1H3,(H,11,15,16);5H,1-4,7-8H2,(H,9,10)/t3-,5-,6-,8-;/m1./s1. The third kappa shape index (κ3) is 6.22. The van der Waals surface area contributed by atoms with Crippen molar-refractivity contribution < 1.29 is 29.2 Å². The van der Waals surface area contributed by atoms with Gasteiger partial charge in [-0.1, -0.05) is 6.42 Å². The summed E-state index contributed by atoms with van der Waals surface area (Å²) in [6.45, 7) is 2.10. The molecule has 0 bridgehead atoms. The number of H-pyrrole nitrogens is 1. The Morgan fingerprint density at radius 3 is 2.48 bits per heavy atom. The van der Waals surface area contributed by atoms with Crippen LogP contribution in [0.4, 0.5) is 4.39 Å². The predicted molar refractivity (Wildman–Crippen MR) is 91.4 cm³/mol. The van der Waals surface area contributed by atoms with E-state index in [1.807, 2.05) is 0 Å². The van der Waals surface area contributed by atoms with Gasteiger partial charge in [0.1, 0.15) is 18.2 Å². The summed E-state index contributed by atoms with van der Waals surface area (Å²) in [7, 11) is 0. The summed E-state index contributed by atoms with van der Waals surface area (Å²) in [6, 6.07) is -0.716. The minimum atomic E-state index is -1.37. The van der Waals surface area contributed by atoms with Gasteiger partial charge in [0.2, 0.25) is 5.82 Å². The first-order valence-electron chi connectivity index (χ1n) is 8.31. The van der Waals surface area contributed by atoms with Crippen LogP contribution in [-0.4, -0.2) is 61.7 Å². The lowest BCUT2D eigenvalue weighted by Gasteiger charge is -2.16. The van der Waals surface area contributed by atoms with E-state index in [1.54, 1.807) is 4.98 Å². The average molecular weight is 392 g/mol. The van der Waals surface area contributed by atoms with Crippen LogP contribution >= 0.6 is 0 Å². The number of aliphatic hydroxyl groups excluding tert-OH is 2. The molecule has 1 aromatic heterocycles. The molecule has 27 heavy (non-hydrogen) atoms. The topological polar surface area (TPSA) is 194 Å². The van der Waals surface area contributed by atoms with Crippen molar-refractivity contribution in [2.45, 2.75) is 56.8 Å². The number of nitrogens with zero attached hydrogens (tertiary/aromatic N) is 1. The van der Waals surface area contributed by atoms with E-state index in [2.05, 4.69) is 0 Å². The number of aliphatic hydroxyl groups is 2. The van der Waals surface area contributed by atoms with Crippen molar-refractivity contribution in [2.24, 2.45) is 11.5 Å². The number of hydrogen-bond acceptors (Lipinski definition) is 8. The number of aromatic amines is 1. The zero-order chi connectivity index (χ0) is 20.7. The molecule has 0 amide bonds. The molecule has 12 heteroatoms. The third-order valence-electron chi connectivity index (χ3n) is 3.96. The lowest BCUT2D eigenvalue weighted by atomic mass is 10.1. The molecule has 1 saturated heterocycles. The molecule has 0 aromatic carbocycles. The number of unbranched alkanes of at least 4 members (excludes halogenated alkanes) is 1. The molecule has 0 spiro atoms. The second-order valence-electron chi connectivity index (χ2n) is 6.09. The minimum absolute atomic E-state index is 0.520. The van der Waals surface area contributed by atoms with Crippen molar-refractivity contribution >= 4 is 5.97 Å². The highest BCUT2D eigenvalue weighted by molar-refractivity contribution is 5.72. The molecule has 154 valence electrons. The highest BCUT2D eigenvalue weighted by Gasteiger charge is 2.41. The predicted octanol–water partition coefficient (Wildman–Crippen LogP) is -2.16. The van der Waals surface area contributed by atoms with Gasteiger partial charge in [-0.3, -0.25) is 19.1 Å². The van der Waals surface area contributed by atoms with E-state index in [0.717, 1.165) is 12.8 Å². The van der Waals surface area contributed by atoms with Gasteiger partial charge in [-0.2, -0.15) is 4.39 Å². The first-order valence-corrected chi connectivity index (χ1v) is 8.31. The molecular formula is C15H25FN4O7. The SMILES string of the molecule is C[C@H]1O[C@@H](n2cc(F)c(=O)[nH]c2=O)[C@H](O)[C@@H]1O.NCCCCC(N)C(=O)O. The number of halogens is 1. The molecule has 1 unspecified atom stereocenters. The molecule has 5 atom stereocenters. The second kappa shape index (κ2) is 10.3. The first-order chi connectivity index (χ1) is 12.6. The van der Waals surface area contributed by atoms with E-state index in [0.29, 0.717) is 23.7 Å². The van der Waals surface area contributed by atoms with Crippen molar-refractivity contribution in [2.75, 3.05) is 6.54 Å². The molecule has 1 fully saturated rings. The maximum absolute atomic E-state index is 13.0. The molecule has 0 aliphatic carbocycles. The van der Waals surface area contributed by atoms with Gasteiger partial charge in [0.15, 0.2) is 6.23 Å². The summed E-state index contributed by atoms with van der Waals surface area (Å²) >= 11 is 0. The molecule has 1 aliphatic heterocycles. The monoisotopic (exact) mass is 392 g/mol. The molecule has 0 radical (unpaired) electrons. The largest absolute Gasteiger partial charge is 0.480 e. The summed E-state index contributed by atoms with van der Waals surface area (Å²) in [4.78, 5) is 34.1. The normalized spacial score (nSPS) is 25.6. The number of carboxylic acids is 1. The van der Waals surface area contributed by atoms with E-state index < -0.39 is 53.6 Å². The van der Waals surface area contributed by atoms with Crippen LogP contribution in [0.2, 0.25) is 0 Å². The van der Waals surface area contributed by atoms with Crippen molar-refractivity contribution in [1.29, 1.82) is 0 Å². The molecule has 1 aliphatic rings. The number of rotatable bonds is 6. The zero-order valence-electron chi connectivity index (χ0n) is 14.7. The number of ether oxygens (including phenoxy) is 1. The van der Waals surface area contributed by atoms with Crippen LogP contribution in [0.3, 0.4) is 0 Å². The number of aromatic nitrogens is 2. The smallest absolute Gasteiger partial charge is 0.330 e. The average Bonchev–Trinajstić information content (AvgIpc) is 2.86. The van der Waals surface area contributed by atoms with Crippen molar-refractivity contribution in [3.05, 3.63) is 32.9 Å². The number of nitrogens with one attached hydrogen (secondary N) is 1. The lowest BCUT2D eigenvalue weighted by molar-refractivity contribution is -0.138. The Kier molecular flexibility index (Phi) is 8.72. The third-order valence-corrected chi connectivity index (χ3v) is 3.96. The molecule has 11 nitrogen and oxygen atoms in total. The number of carboxylic acid groups (broad SMARTS) is 1. The summed E-state index contributed by atoms with van der Waals surface area (Å²) in [6.07, 6.45) is -1.66. The highest BCUT2D eigenvalue weighted by Crippen LogP contribution is 2.27. The van der Waals surface area contributed by atoms with E-state index in [-0.39, 0.29) is 0 Å². The van der Waals surface area contributed by atoms with Gasteiger partial charge >= 0.3 is 11.7 Å². The van der Waals surface area contributed by atoms with Crippen LogP contribution < -0.4 is 22.7 Å². The Labute approximate surface area is 153 Å². The fourth-order valence-electron chi connectivity index (χ4n) is 2.34. The van der Waals surface area contributed by atoms with Crippen LogP contribution in [0.1, 0.15) is 32.4 Å². The minimum Gasteiger partial charge on any atom is -0.480 e. The first kappa shape index (κ1) is 22.9. The van der Waals surface area contributed by atoms with Crippen LogP contribution in [0.25, 0.3) is 0 Å². The van der Waals surface area contributed by atoms with Gasteiger partial charge < -0.3 is 31.5 Å². The zero-order valence-corrected chi connectivity index (χ0v) is 14.7. The number of nitrogens with two attached hydrogens (primary N) is 2. The summed E-state index contributed by atoms with van der Waals surface area (Å²) in [5.41, 5.74) is 8.36. The van der Waals surface area contributed by atoms with Crippen molar-refractivity contribution in [3.63, 3.8) is 0 Å². The van der Waals surface area contributed by atoms with Gasteiger partial charge in [0.25, 0.3) is 5.56 Å². The second-order valence-corrected chi connectivity index (χ2v) is 6.09.